The summed E-state index contributed by atoms with van der Waals surface area (Å²) < 4.78 is 19.3. The highest BCUT2D eigenvalue weighted by Gasteiger charge is 2.20. The average Bonchev–Trinajstić information content (AvgIpc) is 2.48. The van der Waals surface area contributed by atoms with Crippen LogP contribution in [0.4, 0.5) is 4.39 Å². The molecule has 0 aromatic heterocycles. The first-order chi connectivity index (χ1) is 10.2. The summed E-state index contributed by atoms with van der Waals surface area (Å²) in [6, 6.07) is 5.01. The smallest absolute Gasteiger partial charge is 0.138 e. The summed E-state index contributed by atoms with van der Waals surface area (Å²) in [7, 11) is 0. The number of halogens is 1. The number of rotatable bonds is 4. The van der Waals surface area contributed by atoms with E-state index in [1.807, 2.05) is 6.92 Å². The van der Waals surface area contributed by atoms with Crippen LogP contribution in [0.15, 0.2) is 18.2 Å². The second-order valence-corrected chi connectivity index (χ2v) is 5.23. The van der Waals surface area contributed by atoms with Gasteiger partial charge in [0.25, 0.3) is 0 Å². The summed E-state index contributed by atoms with van der Waals surface area (Å²) in [6.45, 7) is 5.24. The Morgan fingerprint density at radius 2 is 2.33 bits per heavy atom. The number of ether oxygens (including phenoxy) is 1. The van der Waals surface area contributed by atoms with Crippen LogP contribution in [-0.2, 0) is 11.3 Å². The van der Waals surface area contributed by atoms with Crippen LogP contribution in [0, 0.1) is 17.7 Å². The molecule has 1 aliphatic rings. The van der Waals surface area contributed by atoms with Crippen molar-refractivity contribution in [2.24, 2.45) is 0 Å². The van der Waals surface area contributed by atoms with Crippen LogP contribution < -0.4 is 0 Å². The minimum absolute atomic E-state index is 0.258. The molecule has 4 heteroatoms. The van der Waals surface area contributed by atoms with Crippen LogP contribution in [0.2, 0.25) is 0 Å². The molecule has 1 unspecified atom stereocenters. The molecule has 1 aromatic rings. The third-order valence-corrected chi connectivity index (χ3v) is 3.60. The van der Waals surface area contributed by atoms with Gasteiger partial charge < -0.3 is 9.84 Å². The Hall–Kier alpha value is -1.41. The van der Waals surface area contributed by atoms with Crippen LogP contribution in [-0.4, -0.2) is 42.4 Å². The Bertz CT molecular complexity index is 519. The summed E-state index contributed by atoms with van der Waals surface area (Å²) in [5, 5.41) is 8.71. The first kappa shape index (κ1) is 16.0. The van der Waals surface area contributed by atoms with Gasteiger partial charge in [-0.2, -0.15) is 0 Å². The lowest BCUT2D eigenvalue weighted by atomic mass is 10.1. The second kappa shape index (κ2) is 8.14. The lowest BCUT2D eigenvalue weighted by molar-refractivity contribution is 0.00362. The molecule has 0 aliphatic carbocycles. The molecular weight excluding hydrogens is 269 g/mol. The molecule has 114 valence electrons. The summed E-state index contributed by atoms with van der Waals surface area (Å²) in [5.41, 5.74) is 1.38. The van der Waals surface area contributed by atoms with Crippen molar-refractivity contribution in [3.63, 3.8) is 0 Å². The summed E-state index contributed by atoms with van der Waals surface area (Å²) in [4.78, 5) is 2.33. The van der Waals surface area contributed by atoms with Crippen molar-refractivity contribution in [1.29, 1.82) is 0 Å². The third-order valence-electron chi connectivity index (χ3n) is 3.60. The quantitative estimate of drug-likeness (QED) is 0.863. The first-order valence-electron chi connectivity index (χ1n) is 7.45. The molecule has 21 heavy (non-hydrogen) atoms. The Balaban J connectivity index is 2.02. The fraction of sp³-hybridized carbons (Fsp3) is 0.529. The number of hydrogen-bond acceptors (Lipinski definition) is 3. The Labute approximate surface area is 125 Å². The maximum Gasteiger partial charge on any atom is 0.138 e. The molecule has 0 spiro atoms. The number of hydrogen-bond donors (Lipinski definition) is 1. The van der Waals surface area contributed by atoms with Gasteiger partial charge in [-0.1, -0.05) is 17.9 Å². The van der Waals surface area contributed by atoms with Gasteiger partial charge in [-0.15, -0.1) is 0 Å². The molecule has 1 aromatic carbocycles. The van der Waals surface area contributed by atoms with Crippen molar-refractivity contribution in [2.75, 3.05) is 26.3 Å². The van der Waals surface area contributed by atoms with E-state index in [9.17, 15) is 4.39 Å². The largest absolute Gasteiger partial charge is 0.384 e. The predicted molar refractivity (Wildman–Crippen MR) is 80.3 cm³/mol. The predicted octanol–water partition coefficient (Wildman–Crippen LogP) is 2.17. The lowest BCUT2D eigenvalue weighted by Crippen LogP contribution is -2.39. The average molecular weight is 291 g/mol. The Kier molecular flexibility index (Phi) is 6.19. The number of likely N-dealkylation sites (tertiary alicyclic amines) is 1. The van der Waals surface area contributed by atoms with E-state index in [1.165, 1.54) is 6.07 Å². The molecule has 0 amide bonds. The molecule has 1 saturated heterocycles. The van der Waals surface area contributed by atoms with Crippen molar-refractivity contribution in [1.82, 2.24) is 4.90 Å². The van der Waals surface area contributed by atoms with E-state index in [0.717, 1.165) is 44.6 Å². The van der Waals surface area contributed by atoms with Gasteiger partial charge in [0.2, 0.25) is 0 Å². The van der Waals surface area contributed by atoms with E-state index in [0.29, 0.717) is 11.7 Å². The lowest BCUT2D eigenvalue weighted by Gasteiger charge is -2.32. The molecule has 0 saturated carbocycles. The minimum Gasteiger partial charge on any atom is -0.384 e. The maximum atomic E-state index is 13.6. The van der Waals surface area contributed by atoms with Gasteiger partial charge >= 0.3 is 0 Å². The molecule has 0 radical (unpaired) electrons. The zero-order valence-electron chi connectivity index (χ0n) is 12.4. The molecule has 1 atom stereocenters. The first-order valence-corrected chi connectivity index (χ1v) is 7.45. The molecule has 2 rings (SSSR count). The topological polar surface area (TPSA) is 32.7 Å². The number of aliphatic hydroxyl groups excluding tert-OH is 1. The number of aliphatic hydroxyl groups is 1. The van der Waals surface area contributed by atoms with Crippen molar-refractivity contribution in [3.05, 3.63) is 35.1 Å². The van der Waals surface area contributed by atoms with Crippen LogP contribution in [0.3, 0.4) is 0 Å². The number of piperidine rings is 1. The van der Waals surface area contributed by atoms with Gasteiger partial charge in [0.1, 0.15) is 12.4 Å². The molecule has 1 aliphatic heterocycles. The van der Waals surface area contributed by atoms with E-state index in [1.54, 1.807) is 12.1 Å². The second-order valence-electron chi connectivity index (χ2n) is 5.23. The summed E-state index contributed by atoms with van der Waals surface area (Å²) in [5.74, 6) is 4.80. The normalized spacial score (nSPS) is 19.1. The van der Waals surface area contributed by atoms with E-state index >= 15 is 0 Å². The summed E-state index contributed by atoms with van der Waals surface area (Å²) >= 11 is 0. The highest BCUT2D eigenvalue weighted by Crippen LogP contribution is 2.17. The maximum absolute atomic E-state index is 13.6. The van der Waals surface area contributed by atoms with Crippen molar-refractivity contribution >= 4 is 0 Å². The standard InChI is InChI=1S/C17H22FNO2/c1-2-21-16-6-3-9-19(13-16)12-14-7-8-17(18)15(11-14)5-4-10-20/h7-8,11,16,20H,2-3,6,9-10,12-13H2,1H3. The molecule has 1 fully saturated rings. The zero-order valence-corrected chi connectivity index (χ0v) is 12.4. The molecule has 1 N–H and O–H groups in total. The molecule has 3 nitrogen and oxygen atoms in total. The van der Waals surface area contributed by atoms with Crippen molar-refractivity contribution < 1.29 is 14.2 Å². The van der Waals surface area contributed by atoms with Gasteiger partial charge in [-0.3, -0.25) is 4.90 Å². The molecule has 1 heterocycles. The SMILES string of the molecule is CCOC1CCCN(Cc2ccc(F)c(C#CCO)c2)C1. The van der Waals surface area contributed by atoms with Gasteiger partial charge in [0, 0.05) is 19.7 Å². The Morgan fingerprint density at radius 1 is 1.48 bits per heavy atom. The Morgan fingerprint density at radius 3 is 3.10 bits per heavy atom. The van der Waals surface area contributed by atoms with Gasteiger partial charge in [0.05, 0.1) is 11.7 Å². The summed E-state index contributed by atoms with van der Waals surface area (Å²) in [6.07, 6.45) is 2.54. The van der Waals surface area contributed by atoms with E-state index < -0.39 is 0 Å². The van der Waals surface area contributed by atoms with Crippen molar-refractivity contribution in [2.45, 2.75) is 32.4 Å². The highest BCUT2D eigenvalue weighted by molar-refractivity contribution is 5.38. The van der Waals surface area contributed by atoms with Crippen molar-refractivity contribution in [3.8, 4) is 11.8 Å². The van der Waals surface area contributed by atoms with Crippen LogP contribution in [0.1, 0.15) is 30.9 Å². The van der Waals surface area contributed by atoms with Gasteiger partial charge in [0.15, 0.2) is 0 Å². The van der Waals surface area contributed by atoms with Crippen LogP contribution >= 0.6 is 0 Å². The van der Waals surface area contributed by atoms with Crippen LogP contribution in [0.5, 0.6) is 0 Å². The minimum atomic E-state index is -0.342. The van der Waals surface area contributed by atoms with Gasteiger partial charge in [-0.25, -0.2) is 4.39 Å². The highest BCUT2D eigenvalue weighted by atomic mass is 19.1. The fourth-order valence-electron chi connectivity index (χ4n) is 2.69. The number of nitrogens with zero attached hydrogens (tertiary/aromatic N) is 1. The number of benzene rings is 1. The van der Waals surface area contributed by atoms with Crippen LogP contribution in [0.25, 0.3) is 0 Å². The molecule has 0 bridgehead atoms. The molecular formula is C17H22FNO2. The monoisotopic (exact) mass is 291 g/mol. The van der Waals surface area contributed by atoms with E-state index in [2.05, 4.69) is 16.7 Å². The van der Waals surface area contributed by atoms with Gasteiger partial charge in [-0.05, 0) is 44.0 Å². The zero-order chi connectivity index (χ0) is 15.1. The van der Waals surface area contributed by atoms with E-state index in [-0.39, 0.29) is 12.4 Å². The van der Waals surface area contributed by atoms with E-state index in [4.69, 9.17) is 9.84 Å². The third kappa shape index (κ3) is 4.82. The fourth-order valence-corrected chi connectivity index (χ4v) is 2.69.